The predicted molar refractivity (Wildman–Crippen MR) is 58.0 cm³/mol. The van der Waals surface area contributed by atoms with Crippen LogP contribution in [0.4, 0.5) is 0 Å². The van der Waals surface area contributed by atoms with E-state index in [2.05, 4.69) is 33.1 Å². The summed E-state index contributed by atoms with van der Waals surface area (Å²) < 4.78 is 0.911. The molecule has 1 saturated carbocycles. The molecule has 0 N–H and O–H groups in total. The molecule has 0 bridgehead atoms. The molecule has 2 nitrogen and oxygen atoms in total. The Hall–Kier alpha value is 0.0400. The van der Waals surface area contributed by atoms with E-state index >= 15 is 0 Å². The lowest BCUT2D eigenvalue weighted by atomic mass is 9.76. The van der Waals surface area contributed by atoms with Gasteiger partial charge in [-0.05, 0) is 28.8 Å². The Balaban J connectivity index is 2.22. The van der Waals surface area contributed by atoms with E-state index in [1.54, 1.807) is 11.3 Å². The Bertz CT molecular complexity index is 292. The number of hydrogen-bond donors (Lipinski definition) is 0. The molecule has 0 aromatic carbocycles. The fourth-order valence-corrected chi connectivity index (χ4v) is 3.31. The first-order valence-corrected chi connectivity index (χ1v) is 6.31. The number of rotatable bonds is 1. The molecule has 1 heterocycles. The largest absolute Gasteiger partial charge is 0.183 e. The van der Waals surface area contributed by atoms with Crippen LogP contribution in [0.3, 0.4) is 0 Å². The second-order valence-corrected chi connectivity index (χ2v) is 6.24. The summed E-state index contributed by atoms with van der Waals surface area (Å²) in [6.45, 7) is 2.32. The van der Waals surface area contributed by atoms with Crippen LogP contribution < -0.4 is 0 Å². The molecule has 1 aliphatic carbocycles. The Morgan fingerprint density at radius 1 is 1.23 bits per heavy atom. The maximum atomic E-state index is 4.23. The van der Waals surface area contributed by atoms with Crippen LogP contribution >= 0.6 is 27.3 Å². The molecule has 0 unspecified atom stereocenters. The highest BCUT2D eigenvalue weighted by Crippen LogP contribution is 2.40. The molecule has 1 fully saturated rings. The third-order valence-electron chi connectivity index (χ3n) is 2.87. The van der Waals surface area contributed by atoms with Gasteiger partial charge in [0.1, 0.15) is 5.01 Å². The van der Waals surface area contributed by atoms with E-state index in [0.29, 0.717) is 5.41 Å². The minimum atomic E-state index is 0.307. The summed E-state index contributed by atoms with van der Waals surface area (Å²) in [6.07, 6.45) is 6.61. The zero-order chi connectivity index (χ0) is 9.31. The zero-order valence-corrected chi connectivity index (χ0v) is 10.1. The van der Waals surface area contributed by atoms with E-state index in [-0.39, 0.29) is 0 Å². The quantitative estimate of drug-likeness (QED) is 0.773. The van der Waals surface area contributed by atoms with Gasteiger partial charge in [0.25, 0.3) is 0 Å². The average molecular weight is 261 g/mol. The van der Waals surface area contributed by atoms with Gasteiger partial charge in [-0.15, -0.1) is 10.2 Å². The van der Waals surface area contributed by atoms with E-state index in [4.69, 9.17) is 0 Å². The normalized spacial score (nSPS) is 21.7. The fraction of sp³-hybridized carbons (Fsp3) is 0.778. The Kier molecular flexibility index (Phi) is 2.70. The molecule has 0 saturated heterocycles. The van der Waals surface area contributed by atoms with Crippen molar-refractivity contribution in [2.45, 2.75) is 44.4 Å². The molecule has 1 aromatic heterocycles. The molecule has 0 radical (unpaired) electrons. The van der Waals surface area contributed by atoms with Crippen molar-refractivity contribution < 1.29 is 0 Å². The molecular formula is C9H13BrN2S. The molecule has 4 heteroatoms. The molecule has 1 aromatic rings. The molecule has 0 spiro atoms. The first-order valence-electron chi connectivity index (χ1n) is 4.70. The van der Waals surface area contributed by atoms with Crippen LogP contribution in [-0.2, 0) is 5.41 Å². The topological polar surface area (TPSA) is 25.8 Å². The minimum Gasteiger partial charge on any atom is -0.142 e. The van der Waals surface area contributed by atoms with Gasteiger partial charge in [0, 0.05) is 5.41 Å². The van der Waals surface area contributed by atoms with Crippen molar-refractivity contribution in [2.75, 3.05) is 0 Å². The maximum Gasteiger partial charge on any atom is 0.183 e. The highest BCUT2D eigenvalue weighted by Gasteiger charge is 2.32. The number of hydrogen-bond acceptors (Lipinski definition) is 3. The first kappa shape index (κ1) is 9.59. The van der Waals surface area contributed by atoms with Gasteiger partial charge in [0.05, 0.1) is 0 Å². The summed E-state index contributed by atoms with van der Waals surface area (Å²) in [4.78, 5) is 0. The fourth-order valence-electron chi connectivity index (χ4n) is 2.00. The van der Waals surface area contributed by atoms with Gasteiger partial charge < -0.3 is 0 Å². The minimum absolute atomic E-state index is 0.307. The van der Waals surface area contributed by atoms with Gasteiger partial charge in [-0.25, -0.2) is 0 Å². The lowest BCUT2D eigenvalue weighted by Gasteiger charge is -2.30. The van der Waals surface area contributed by atoms with Crippen LogP contribution in [0.25, 0.3) is 0 Å². The highest BCUT2D eigenvalue weighted by atomic mass is 79.9. The Morgan fingerprint density at radius 2 is 1.92 bits per heavy atom. The van der Waals surface area contributed by atoms with E-state index in [0.717, 1.165) is 3.92 Å². The lowest BCUT2D eigenvalue weighted by molar-refractivity contribution is 0.317. The lowest BCUT2D eigenvalue weighted by Crippen LogP contribution is -2.24. The van der Waals surface area contributed by atoms with Gasteiger partial charge >= 0.3 is 0 Å². The van der Waals surface area contributed by atoms with Crippen molar-refractivity contribution in [3.05, 3.63) is 8.92 Å². The molecule has 72 valence electrons. The summed E-state index contributed by atoms with van der Waals surface area (Å²) in [7, 11) is 0. The van der Waals surface area contributed by atoms with Gasteiger partial charge in [-0.1, -0.05) is 37.5 Å². The second kappa shape index (κ2) is 3.65. The van der Waals surface area contributed by atoms with Crippen molar-refractivity contribution in [2.24, 2.45) is 0 Å². The van der Waals surface area contributed by atoms with Gasteiger partial charge in [-0.2, -0.15) is 0 Å². The monoisotopic (exact) mass is 260 g/mol. The SMILES string of the molecule is CC1(c2nnc(Br)s2)CCCCC1. The van der Waals surface area contributed by atoms with E-state index in [1.165, 1.54) is 37.1 Å². The zero-order valence-electron chi connectivity index (χ0n) is 7.72. The van der Waals surface area contributed by atoms with Crippen LogP contribution in [-0.4, -0.2) is 10.2 Å². The molecule has 0 aliphatic heterocycles. The van der Waals surface area contributed by atoms with E-state index < -0.39 is 0 Å². The van der Waals surface area contributed by atoms with Crippen molar-refractivity contribution in [1.82, 2.24) is 10.2 Å². The van der Waals surface area contributed by atoms with Crippen LogP contribution in [0.5, 0.6) is 0 Å². The maximum absolute atomic E-state index is 4.23. The smallest absolute Gasteiger partial charge is 0.142 e. The van der Waals surface area contributed by atoms with Crippen LogP contribution in [0.15, 0.2) is 3.92 Å². The molecule has 0 amide bonds. The van der Waals surface area contributed by atoms with E-state index in [1.807, 2.05) is 0 Å². The molecule has 1 aliphatic rings. The van der Waals surface area contributed by atoms with Crippen LogP contribution in [0.2, 0.25) is 0 Å². The Morgan fingerprint density at radius 3 is 2.46 bits per heavy atom. The van der Waals surface area contributed by atoms with Gasteiger partial charge in [0.15, 0.2) is 3.92 Å². The van der Waals surface area contributed by atoms with Crippen molar-refractivity contribution in [3.8, 4) is 0 Å². The number of halogens is 1. The summed E-state index contributed by atoms with van der Waals surface area (Å²) in [6, 6.07) is 0. The molecule has 2 rings (SSSR count). The highest BCUT2D eigenvalue weighted by molar-refractivity contribution is 9.11. The standard InChI is InChI=1S/C9H13BrN2S/c1-9(5-3-2-4-6-9)7-11-12-8(10)13-7/h2-6H2,1H3. The number of aromatic nitrogens is 2. The first-order chi connectivity index (χ1) is 6.21. The average Bonchev–Trinajstić information content (AvgIpc) is 2.54. The summed E-state index contributed by atoms with van der Waals surface area (Å²) >= 11 is 5.06. The molecular weight excluding hydrogens is 248 g/mol. The second-order valence-electron chi connectivity index (χ2n) is 3.98. The van der Waals surface area contributed by atoms with Gasteiger partial charge in [-0.3, -0.25) is 0 Å². The Labute approximate surface area is 90.9 Å². The number of nitrogens with zero attached hydrogens (tertiary/aromatic N) is 2. The third kappa shape index (κ3) is 1.94. The van der Waals surface area contributed by atoms with Crippen molar-refractivity contribution in [3.63, 3.8) is 0 Å². The predicted octanol–water partition coefficient (Wildman–Crippen LogP) is 3.52. The van der Waals surface area contributed by atoms with Crippen molar-refractivity contribution >= 4 is 27.3 Å². The molecule has 13 heavy (non-hydrogen) atoms. The molecule has 0 atom stereocenters. The summed E-state index contributed by atoms with van der Waals surface area (Å²) in [5, 5.41) is 9.46. The summed E-state index contributed by atoms with van der Waals surface area (Å²) in [5.74, 6) is 0. The third-order valence-corrected chi connectivity index (χ3v) is 4.54. The van der Waals surface area contributed by atoms with Crippen LogP contribution in [0, 0.1) is 0 Å². The van der Waals surface area contributed by atoms with Crippen molar-refractivity contribution in [1.29, 1.82) is 0 Å². The summed E-state index contributed by atoms with van der Waals surface area (Å²) in [5.41, 5.74) is 0.307. The van der Waals surface area contributed by atoms with Gasteiger partial charge in [0.2, 0.25) is 0 Å². The van der Waals surface area contributed by atoms with E-state index in [9.17, 15) is 0 Å². The van der Waals surface area contributed by atoms with Crippen LogP contribution in [0.1, 0.15) is 44.0 Å².